The van der Waals surface area contributed by atoms with Gasteiger partial charge in [-0.05, 0) is 31.5 Å². The van der Waals surface area contributed by atoms with Crippen molar-refractivity contribution in [3.63, 3.8) is 0 Å². The molecule has 1 aromatic heterocycles. The molecule has 2 rings (SSSR count). The summed E-state index contributed by atoms with van der Waals surface area (Å²) in [5.41, 5.74) is 1.39. The quantitative estimate of drug-likeness (QED) is 0.634. The Bertz CT molecular complexity index is 613. The molecule has 5 nitrogen and oxygen atoms in total. The minimum Gasteiger partial charge on any atom is -0.382 e. The van der Waals surface area contributed by atoms with E-state index in [-0.39, 0.29) is 10.6 Å². The molecule has 0 amide bonds. The third kappa shape index (κ3) is 3.04. The van der Waals surface area contributed by atoms with Crippen molar-refractivity contribution in [2.75, 3.05) is 5.32 Å². The number of pyridine rings is 1. The lowest BCUT2D eigenvalue weighted by atomic mass is 10.1. The fourth-order valence-electron chi connectivity index (χ4n) is 2.28. The number of hydrogen-bond acceptors (Lipinski definition) is 4. The van der Waals surface area contributed by atoms with Crippen molar-refractivity contribution in [1.29, 1.82) is 0 Å². The van der Waals surface area contributed by atoms with E-state index in [1.54, 1.807) is 18.3 Å². The average molecular weight is 273 g/mol. The maximum Gasteiger partial charge on any atom is 0.295 e. The second-order valence-corrected chi connectivity index (χ2v) is 4.98. The molecule has 0 bridgehead atoms. The third-order valence-corrected chi connectivity index (χ3v) is 3.34. The van der Waals surface area contributed by atoms with Crippen molar-refractivity contribution < 1.29 is 4.92 Å². The molecule has 1 N–H and O–H groups in total. The zero-order chi connectivity index (χ0) is 14.5. The molecule has 0 saturated heterocycles. The first-order valence-electron chi connectivity index (χ1n) is 6.92. The van der Waals surface area contributed by atoms with Crippen LogP contribution in [-0.4, -0.2) is 15.9 Å². The topological polar surface area (TPSA) is 68.1 Å². The fraction of sp³-hybridized carbons (Fsp3) is 0.400. The molecule has 1 aromatic carbocycles. The predicted molar refractivity (Wildman–Crippen MR) is 81.0 cm³/mol. The van der Waals surface area contributed by atoms with Gasteiger partial charge in [-0.15, -0.1) is 0 Å². The zero-order valence-electron chi connectivity index (χ0n) is 11.8. The highest BCUT2D eigenvalue weighted by Crippen LogP contribution is 2.30. The zero-order valence-corrected chi connectivity index (χ0v) is 11.8. The van der Waals surface area contributed by atoms with Gasteiger partial charge in [-0.1, -0.05) is 19.8 Å². The Kier molecular flexibility index (Phi) is 4.50. The summed E-state index contributed by atoms with van der Waals surface area (Å²) in [5.74, 6) is 0. The summed E-state index contributed by atoms with van der Waals surface area (Å²) in [6.07, 6.45) is 4.99. The maximum atomic E-state index is 11.0. The van der Waals surface area contributed by atoms with E-state index < -0.39 is 0 Å². The summed E-state index contributed by atoms with van der Waals surface area (Å²) in [6, 6.07) is 7.28. The van der Waals surface area contributed by atoms with Crippen LogP contribution in [0.15, 0.2) is 30.5 Å². The van der Waals surface area contributed by atoms with Crippen molar-refractivity contribution in [2.24, 2.45) is 0 Å². The molecular formula is C15H19N3O2. The molecule has 106 valence electrons. The van der Waals surface area contributed by atoms with Crippen molar-refractivity contribution in [2.45, 2.75) is 39.2 Å². The van der Waals surface area contributed by atoms with Gasteiger partial charge < -0.3 is 5.32 Å². The van der Waals surface area contributed by atoms with Crippen LogP contribution in [0.3, 0.4) is 0 Å². The third-order valence-electron chi connectivity index (χ3n) is 3.34. The van der Waals surface area contributed by atoms with E-state index >= 15 is 0 Å². The van der Waals surface area contributed by atoms with Gasteiger partial charge in [0.1, 0.15) is 5.52 Å². The minimum atomic E-state index is -0.389. The minimum absolute atomic E-state index is 0.0485. The molecule has 0 aliphatic heterocycles. The Labute approximate surface area is 118 Å². The summed E-state index contributed by atoms with van der Waals surface area (Å²) < 4.78 is 0. The van der Waals surface area contributed by atoms with Crippen LogP contribution >= 0.6 is 0 Å². The Balaban J connectivity index is 2.35. The number of non-ortho nitro benzene ring substituents is 1. The van der Waals surface area contributed by atoms with Gasteiger partial charge in [-0.2, -0.15) is 0 Å². The number of hydrogen-bond donors (Lipinski definition) is 1. The van der Waals surface area contributed by atoms with Crippen LogP contribution in [0.4, 0.5) is 11.4 Å². The first kappa shape index (κ1) is 14.2. The van der Waals surface area contributed by atoms with Crippen LogP contribution in [0.2, 0.25) is 0 Å². The van der Waals surface area contributed by atoms with E-state index in [9.17, 15) is 10.1 Å². The molecule has 0 spiro atoms. The summed E-state index contributed by atoms with van der Waals surface area (Å²) in [4.78, 5) is 14.8. The van der Waals surface area contributed by atoms with Crippen LogP contribution < -0.4 is 5.32 Å². The van der Waals surface area contributed by atoms with Crippen LogP contribution in [0.25, 0.3) is 10.9 Å². The molecule has 5 heteroatoms. The first-order valence-corrected chi connectivity index (χ1v) is 6.92. The first-order chi connectivity index (χ1) is 9.63. The Morgan fingerprint density at radius 2 is 2.20 bits per heavy atom. The standard InChI is InChI=1S/C15H19N3O2/c1-3-4-6-11(2)17-13-8-9-14(18(19)20)15-12(13)7-5-10-16-15/h5,7-11,17H,3-4,6H2,1-2H3. The molecule has 1 atom stereocenters. The van der Waals surface area contributed by atoms with Crippen molar-refractivity contribution >= 4 is 22.3 Å². The monoisotopic (exact) mass is 273 g/mol. The lowest BCUT2D eigenvalue weighted by molar-refractivity contribution is -0.383. The number of unbranched alkanes of at least 4 members (excludes halogenated alkanes) is 1. The van der Waals surface area contributed by atoms with Gasteiger partial charge in [0, 0.05) is 29.4 Å². The van der Waals surface area contributed by atoms with Crippen LogP contribution in [-0.2, 0) is 0 Å². The number of nitro groups is 1. The van der Waals surface area contributed by atoms with Crippen molar-refractivity contribution in [3.8, 4) is 0 Å². The lowest BCUT2D eigenvalue weighted by Crippen LogP contribution is -2.15. The van der Waals surface area contributed by atoms with E-state index in [1.165, 1.54) is 6.07 Å². The number of anilines is 1. The average Bonchev–Trinajstić information content (AvgIpc) is 2.45. The molecule has 0 fully saturated rings. The van der Waals surface area contributed by atoms with Gasteiger partial charge in [-0.25, -0.2) is 4.98 Å². The summed E-state index contributed by atoms with van der Waals surface area (Å²) in [6.45, 7) is 4.29. The van der Waals surface area contributed by atoms with Crippen LogP contribution in [0.1, 0.15) is 33.1 Å². The van der Waals surface area contributed by atoms with Gasteiger partial charge in [0.25, 0.3) is 5.69 Å². The largest absolute Gasteiger partial charge is 0.382 e. The van der Waals surface area contributed by atoms with Gasteiger partial charge in [0.15, 0.2) is 0 Å². The number of benzene rings is 1. The number of nitrogens with one attached hydrogen (secondary N) is 1. The van der Waals surface area contributed by atoms with Crippen LogP contribution in [0, 0.1) is 10.1 Å². The lowest BCUT2D eigenvalue weighted by Gasteiger charge is -2.16. The van der Waals surface area contributed by atoms with E-state index in [4.69, 9.17) is 0 Å². The van der Waals surface area contributed by atoms with Gasteiger partial charge >= 0.3 is 0 Å². The SMILES string of the molecule is CCCCC(C)Nc1ccc([N+](=O)[O-])c2ncccc12. The van der Waals surface area contributed by atoms with Gasteiger partial charge in [-0.3, -0.25) is 10.1 Å². The van der Waals surface area contributed by atoms with Gasteiger partial charge in [0.05, 0.1) is 4.92 Å². The molecule has 0 aliphatic carbocycles. The number of rotatable bonds is 6. The number of nitrogens with zero attached hydrogens (tertiary/aromatic N) is 2. The summed E-state index contributed by atoms with van der Waals surface area (Å²) in [7, 11) is 0. The highest BCUT2D eigenvalue weighted by molar-refractivity contribution is 5.96. The molecule has 20 heavy (non-hydrogen) atoms. The molecule has 0 aliphatic rings. The van der Waals surface area contributed by atoms with Crippen LogP contribution in [0.5, 0.6) is 0 Å². The highest BCUT2D eigenvalue weighted by Gasteiger charge is 2.15. The number of aromatic nitrogens is 1. The number of nitro benzene ring substituents is 1. The van der Waals surface area contributed by atoms with E-state index in [0.29, 0.717) is 11.6 Å². The van der Waals surface area contributed by atoms with E-state index in [1.807, 2.05) is 6.07 Å². The fourth-order valence-corrected chi connectivity index (χ4v) is 2.28. The molecule has 0 saturated carbocycles. The Hall–Kier alpha value is -2.17. The molecule has 1 heterocycles. The van der Waals surface area contributed by atoms with E-state index in [0.717, 1.165) is 30.3 Å². The molecule has 2 aromatic rings. The van der Waals surface area contributed by atoms with Crippen molar-refractivity contribution in [3.05, 3.63) is 40.6 Å². The van der Waals surface area contributed by atoms with E-state index in [2.05, 4.69) is 24.1 Å². The maximum absolute atomic E-state index is 11.0. The van der Waals surface area contributed by atoms with Crippen molar-refractivity contribution in [1.82, 2.24) is 4.98 Å². The summed E-state index contributed by atoms with van der Waals surface area (Å²) >= 11 is 0. The molecule has 1 unspecified atom stereocenters. The normalized spacial score (nSPS) is 12.3. The smallest absolute Gasteiger partial charge is 0.295 e. The Morgan fingerprint density at radius 3 is 2.90 bits per heavy atom. The Morgan fingerprint density at radius 1 is 1.40 bits per heavy atom. The summed E-state index contributed by atoms with van der Waals surface area (Å²) in [5, 5.41) is 15.3. The second kappa shape index (κ2) is 6.32. The number of fused-ring (bicyclic) bond motifs is 1. The highest BCUT2D eigenvalue weighted by atomic mass is 16.6. The molecule has 0 radical (unpaired) electrons. The predicted octanol–water partition coefficient (Wildman–Crippen LogP) is 4.13. The van der Waals surface area contributed by atoms with Gasteiger partial charge in [0.2, 0.25) is 0 Å². The molecular weight excluding hydrogens is 254 g/mol. The second-order valence-electron chi connectivity index (χ2n) is 4.98.